The summed E-state index contributed by atoms with van der Waals surface area (Å²) in [5, 5.41) is 3.43. The fraction of sp³-hybridized carbons (Fsp3) is 0.273. The van der Waals surface area contributed by atoms with Crippen molar-refractivity contribution < 1.29 is 17.6 Å². The van der Waals surface area contributed by atoms with E-state index in [0.29, 0.717) is 18.4 Å². The van der Waals surface area contributed by atoms with Crippen molar-refractivity contribution in [3.63, 3.8) is 0 Å². The molecule has 2 heterocycles. The Balaban J connectivity index is 1.20. The summed E-state index contributed by atoms with van der Waals surface area (Å²) in [7, 11) is 0.947. The van der Waals surface area contributed by atoms with Crippen LogP contribution < -0.4 is 15.1 Å². The Morgan fingerprint density at radius 3 is 2.60 bits per heavy atom. The lowest BCUT2D eigenvalue weighted by Crippen LogP contribution is -2.28. The third-order valence-electron chi connectivity index (χ3n) is 7.55. The van der Waals surface area contributed by atoms with Gasteiger partial charge in [0.05, 0.1) is 5.75 Å². The van der Waals surface area contributed by atoms with Crippen molar-refractivity contribution in [1.82, 2.24) is 0 Å². The molecule has 7 nitrogen and oxygen atoms in total. The number of halogens is 1. The number of allylic oxidation sites excluding steroid dienone is 3. The number of nitrogens with zero attached hydrogens (tertiary/aromatic N) is 3. The average Bonchev–Trinajstić information content (AvgIpc) is 2.94. The van der Waals surface area contributed by atoms with E-state index in [1.165, 1.54) is 24.0 Å². The number of carbonyl (C=O) groups is 1. The summed E-state index contributed by atoms with van der Waals surface area (Å²) in [5.41, 5.74) is 7.70. The first-order chi connectivity index (χ1) is 20.0. The van der Waals surface area contributed by atoms with E-state index in [4.69, 9.17) is 0 Å². The van der Waals surface area contributed by atoms with Crippen LogP contribution in [-0.4, -0.2) is 46.9 Å². The van der Waals surface area contributed by atoms with E-state index in [1.807, 2.05) is 50.7 Å². The van der Waals surface area contributed by atoms with Gasteiger partial charge in [0, 0.05) is 74.3 Å². The molecular formula is C33H35FN4O3S. The Morgan fingerprint density at radius 2 is 1.86 bits per heavy atom. The van der Waals surface area contributed by atoms with E-state index in [0.717, 1.165) is 40.4 Å². The Bertz CT molecular complexity index is 1680. The molecule has 3 aromatic carbocycles. The Hall–Kier alpha value is -4.24. The fourth-order valence-electron chi connectivity index (χ4n) is 5.37. The van der Waals surface area contributed by atoms with E-state index in [2.05, 4.69) is 44.4 Å². The molecule has 2 aliphatic heterocycles. The summed E-state index contributed by atoms with van der Waals surface area (Å²) in [6.45, 7) is 0. The summed E-state index contributed by atoms with van der Waals surface area (Å²) in [6.07, 6.45) is 8.94. The minimum atomic E-state index is -3.08. The summed E-state index contributed by atoms with van der Waals surface area (Å²) in [6, 6.07) is 20.0. The number of ketones is 1. The molecule has 0 saturated heterocycles. The Kier molecular flexibility index (Phi) is 8.59. The molecule has 0 radical (unpaired) electrons. The molecular weight excluding hydrogens is 551 g/mol. The van der Waals surface area contributed by atoms with Gasteiger partial charge in [-0.3, -0.25) is 9.79 Å². The molecule has 1 unspecified atom stereocenters. The Labute approximate surface area is 247 Å². The molecule has 0 bridgehead atoms. The van der Waals surface area contributed by atoms with E-state index in [-0.39, 0.29) is 29.9 Å². The summed E-state index contributed by atoms with van der Waals surface area (Å²) in [5.74, 6) is -0.252. The van der Waals surface area contributed by atoms with E-state index in [9.17, 15) is 17.6 Å². The number of fused-ring (bicyclic) bond motifs is 1. The molecule has 0 amide bonds. The zero-order valence-corrected chi connectivity index (χ0v) is 24.9. The topological polar surface area (TPSA) is 82.1 Å². The lowest BCUT2D eigenvalue weighted by atomic mass is 9.98. The quantitative estimate of drug-likeness (QED) is 0.329. The second-order valence-corrected chi connectivity index (χ2v) is 13.1. The molecule has 0 fully saturated rings. The van der Waals surface area contributed by atoms with E-state index < -0.39 is 9.84 Å². The molecule has 218 valence electrons. The number of nitrogens with one attached hydrogen (secondary N) is 1. The number of rotatable bonds is 10. The molecule has 0 saturated carbocycles. The van der Waals surface area contributed by atoms with Gasteiger partial charge in [0.15, 0.2) is 9.84 Å². The van der Waals surface area contributed by atoms with E-state index in [1.54, 1.807) is 12.1 Å². The van der Waals surface area contributed by atoms with Crippen molar-refractivity contribution in [1.29, 1.82) is 0 Å². The molecule has 1 atom stereocenters. The minimum Gasteiger partial charge on any atom is -0.363 e. The van der Waals surface area contributed by atoms with Gasteiger partial charge >= 0.3 is 0 Å². The number of hydrogen-bond donors (Lipinski definition) is 1. The SMILES string of the molecule is CN(C1=CC=NC(Nc2ccc(CS(C)(=O)=O)cc2)C1)c1ccc2c(c1)CC=C(CC(=O)Cc1cccc(F)c1)N2C. The van der Waals surface area contributed by atoms with Crippen LogP contribution in [0.2, 0.25) is 0 Å². The molecule has 0 aromatic heterocycles. The first kappa shape index (κ1) is 29.3. The summed E-state index contributed by atoms with van der Waals surface area (Å²) in [4.78, 5) is 21.5. The van der Waals surface area contributed by atoms with Gasteiger partial charge in [-0.2, -0.15) is 0 Å². The van der Waals surface area contributed by atoms with Gasteiger partial charge in [0.2, 0.25) is 0 Å². The summed E-state index contributed by atoms with van der Waals surface area (Å²) < 4.78 is 36.6. The number of benzene rings is 3. The highest BCUT2D eigenvalue weighted by atomic mass is 32.2. The second-order valence-electron chi connectivity index (χ2n) is 10.9. The molecule has 1 N–H and O–H groups in total. The third-order valence-corrected chi connectivity index (χ3v) is 8.41. The zero-order chi connectivity index (χ0) is 29.9. The van der Waals surface area contributed by atoms with Crippen LogP contribution in [0.4, 0.5) is 21.5 Å². The normalized spacial score (nSPS) is 16.4. The predicted molar refractivity (Wildman–Crippen MR) is 168 cm³/mol. The molecule has 9 heteroatoms. The van der Waals surface area contributed by atoms with Gasteiger partial charge in [-0.1, -0.05) is 30.3 Å². The van der Waals surface area contributed by atoms with Crippen LogP contribution in [0.5, 0.6) is 0 Å². The third kappa shape index (κ3) is 7.33. The van der Waals surface area contributed by atoms with Gasteiger partial charge < -0.3 is 15.1 Å². The zero-order valence-electron chi connectivity index (χ0n) is 24.0. The average molecular weight is 587 g/mol. The maximum atomic E-state index is 13.5. The van der Waals surface area contributed by atoms with Crippen molar-refractivity contribution in [3.8, 4) is 0 Å². The highest BCUT2D eigenvalue weighted by Crippen LogP contribution is 2.34. The molecule has 2 aliphatic rings. The first-order valence-corrected chi connectivity index (χ1v) is 15.9. The standard InChI is InChI=1S/C33H35FN4O3S/c1-37(30-15-16-35-33(21-30)36-27-10-7-23(8-11-27)22-42(3,40)41)28-13-14-32-25(19-28)9-12-29(38(32)2)20-31(39)18-24-5-4-6-26(34)17-24/h4-8,10-17,19,33,36H,9,18,20-22H2,1-3H3. The highest BCUT2D eigenvalue weighted by molar-refractivity contribution is 7.89. The van der Waals surface area contributed by atoms with E-state index >= 15 is 0 Å². The van der Waals surface area contributed by atoms with Crippen LogP contribution in [0.3, 0.4) is 0 Å². The molecule has 42 heavy (non-hydrogen) atoms. The monoisotopic (exact) mass is 586 g/mol. The Morgan fingerprint density at radius 1 is 1.07 bits per heavy atom. The van der Waals surface area contributed by atoms with Crippen LogP contribution in [0.15, 0.2) is 95.3 Å². The van der Waals surface area contributed by atoms with Crippen molar-refractivity contribution in [2.45, 2.75) is 37.6 Å². The first-order valence-electron chi connectivity index (χ1n) is 13.9. The highest BCUT2D eigenvalue weighted by Gasteiger charge is 2.22. The van der Waals surface area contributed by atoms with Crippen LogP contribution in [-0.2, 0) is 33.2 Å². The van der Waals surface area contributed by atoms with Gasteiger partial charge in [-0.05, 0) is 71.7 Å². The van der Waals surface area contributed by atoms with Gasteiger partial charge in [-0.25, -0.2) is 12.8 Å². The van der Waals surface area contributed by atoms with Crippen molar-refractivity contribution in [2.75, 3.05) is 35.5 Å². The smallest absolute Gasteiger partial charge is 0.151 e. The lowest BCUT2D eigenvalue weighted by molar-refractivity contribution is -0.117. The van der Waals surface area contributed by atoms with Gasteiger partial charge in [0.1, 0.15) is 17.8 Å². The van der Waals surface area contributed by atoms with Crippen molar-refractivity contribution in [2.24, 2.45) is 4.99 Å². The number of dihydropyridines is 1. The lowest BCUT2D eigenvalue weighted by Gasteiger charge is -2.32. The van der Waals surface area contributed by atoms with Crippen LogP contribution in [0.1, 0.15) is 29.5 Å². The van der Waals surface area contributed by atoms with Crippen molar-refractivity contribution >= 4 is 38.9 Å². The number of sulfone groups is 1. The molecule has 0 spiro atoms. The number of aliphatic imine (C=N–C) groups is 1. The van der Waals surface area contributed by atoms with Gasteiger partial charge in [0.25, 0.3) is 0 Å². The van der Waals surface area contributed by atoms with Crippen LogP contribution in [0.25, 0.3) is 0 Å². The predicted octanol–water partition coefficient (Wildman–Crippen LogP) is 5.68. The van der Waals surface area contributed by atoms with Crippen molar-refractivity contribution in [3.05, 3.63) is 113 Å². The molecule has 3 aromatic rings. The largest absolute Gasteiger partial charge is 0.363 e. The van der Waals surface area contributed by atoms with Crippen LogP contribution >= 0.6 is 0 Å². The van der Waals surface area contributed by atoms with Gasteiger partial charge in [-0.15, -0.1) is 0 Å². The minimum absolute atomic E-state index is 0.0227. The maximum absolute atomic E-state index is 13.5. The molecule has 5 rings (SSSR count). The fourth-order valence-corrected chi connectivity index (χ4v) is 6.17. The second kappa shape index (κ2) is 12.3. The number of hydrogen-bond acceptors (Lipinski definition) is 7. The maximum Gasteiger partial charge on any atom is 0.151 e. The van der Waals surface area contributed by atoms with Crippen LogP contribution in [0, 0.1) is 5.82 Å². The molecule has 0 aliphatic carbocycles. The number of carbonyl (C=O) groups excluding carboxylic acids is 1. The summed E-state index contributed by atoms with van der Waals surface area (Å²) >= 11 is 0. The number of anilines is 3. The number of Topliss-reactive ketones (excluding diaryl/α,β-unsaturated/α-hetero) is 1.